The highest BCUT2D eigenvalue weighted by Crippen LogP contribution is 2.36. The number of hydrogen-bond donors (Lipinski definition) is 1. The summed E-state index contributed by atoms with van der Waals surface area (Å²) in [5.74, 6) is 1.68. The fourth-order valence-corrected chi connectivity index (χ4v) is 2.58. The maximum Gasteiger partial charge on any atom is 0.203 e. The van der Waals surface area contributed by atoms with Crippen LogP contribution >= 0.6 is 0 Å². The van der Waals surface area contributed by atoms with Crippen LogP contribution in [0.5, 0.6) is 17.2 Å². The Morgan fingerprint density at radius 3 is 2.42 bits per heavy atom. The summed E-state index contributed by atoms with van der Waals surface area (Å²) in [6, 6.07) is 15.5. The molecule has 2 rings (SSSR count). The molecule has 5 nitrogen and oxygen atoms in total. The number of ether oxygens (including phenoxy) is 3. The van der Waals surface area contributed by atoms with Crippen molar-refractivity contribution in [3.05, 3.63) is 60.2 Å². The van der Waals surface area contributed by atoms with Crippen molar-refractivity contribution in [2.45, 2.75) is 6.10 Å². The Morgan fingerprint density at radius 1 is 1.00 bits per heavy atom. The molecule has 2 aromatic carbocycles. The average Bonchev–Trinajstić information content (AvgIpc) is 2.66. The maximum atomic E-state index is 10.2. The number of para-hydroxylation sites is 1. The molecule has 0 heterocycles. The van der Waals surface area contributed by atoms with E-state index in [4.69, 9.17) is 14.2 Å². The molecule has 2 aromatic rings. The van der Waals surface area contributed by atoms with Crippen molar-refractivity contribution in [1.29, 1.82) is 0 Å². The standard InChI is InChI=1S/C21H27NO4/c1-22(14-8-11-17-9-5-4-6-10-17)15-18(23)16-26-20-13-7-12-19(24-2)21(20)25-3/h4-13,18,23H,14-16H2,1-3H3/b11-8+. The Balaban J connectivity index is 1.79. The molecule has 0 saturated carbocycles. The monoisotopic (exact) mass is 357 g/mol. The van der Waals surface area contributed by atoms with Crippen LogP contribution in [0.2, 0.25) is 0 Å². The van der Waals surface area contributed by atoms with E-state index in [1.807, 2.05) is 36.2 Å². The van der Waals surface area contributed by atoms with Crippen LogP contribution in [0.4, 0.5) is 0 Å². The molecule has 0 spiro atoms. The van der Waals surface area contributed by atoms with E-state index in [1.165, 1.54) is 0 Å². The molecule has 0 amide bonds. The molecule has 5 heteroatoms. The Hall–Kier alpha value is -2.50. The third kappa shape index (κ3) is 6.10. The number of aliphatic hydroxyl groups excluding tert-OH is 1. The van der Waals surface area contributed by atoms with Crippen molar-refractivity contribution >= 4 is 6.08 Å². The smallest absolute Gasteiger partial charge is 0.203 e. The lowest BCUT2D eigenvalue weighted by Crippen LogP contribution is -2.33. The molecule has 0 aromatic heterocycles. The highest BCUT2D eigenvalue weighted by molar-refractivity contribution is 5.51. The Bertz CT molecular complexity index is 688. The fourth-order valence-electron chi connectivity index (χ4n) is 2.58. The number of nitrogens with zero attached hydrogens (tertiary/aromatic N) is 1. The van der Waals surface area contributed by atoms with Gasteiger partial charge in [0.2, 0.25) is 5.75 Å². The van der Waals surface area contributed by atoms with Gasteiger partial charge in [0.15, 0.2) is 11.5 Å². The second-order valence-corrected chi connectivity index (χ2v) is 5.99. The van der Waals surface area contributed by atoms with Crippen LogP contribution in [0.25, 0.3) is 6.08 Å². The van der Waals surface area contributed by atoms with Crippen LogP contribution in [-0.2, 0) is 0 Å². The number of likely N-dealkylation sites (N-methyl/N-ethyl adjacent to an activating group) is 1. The zero-order valence-electron chi connectivity index (χ0n) is 15.6. The van der Waals surface area contributed by atoms with E-state index in [9.17, 15) is 5.11 Å². The Labute approximate surface area is 155 Å². The molecule has 0 bridgehead atoms. The van der Waals surface area contributed by atoms with Gasteiger partial charge in [0.1, 0.15) is 12.7 Å². The van der Waals surface area contributed by atoms with Crippen molar-refractivity contribution in [1.82, 2.24) is 4.90 Å². The van der Waals surface area contributed by atoms with Crippen molar-refractivity contribution in [3.63, 3.8) is 0 Å². The molecule has 1 atom stereocenters. The number of benzene rings is 2. The van der Waals surface area contributed by atoms with Crippen LogP contribution in [0.1, 0.15) is 5.56 Å². The van der Waals surface area contributed by atoms with Gasteiger partial charge in [0, 0.05) is 13.1 Å². The zero-order chi connectivity index (χ0) is 18.8. The van der Waals surface area contributed by atoms with Gasteiger partial charge in [-0.2, -0.15) is 0 Å². The number of aliphatic hydroxyl groups is 1. The van der Waals surface area contributed by atoms with Crippen LogP contribution in [0, 0.1) is 0 Å². The minimum Gasteiger partial charge on any atom is -0.493 e. The molecular formula is C21H27NO4. The van der Waals surface area contributed by atoms with Gasteiger partial charge in [-0.1, -0.05) is 48.6 Å². The second-order valence-electron chi connectivity index (χ2n) is 5.99. The lowest BCUT2D eigenvalue weighted by Gasteiger charge is -2.20. The lowest BCUT2D eigenvalue weighted by molar-refractivity contribution is 0.0781. The quantitative estimate of drug-likeness (QED) is 0.708. The number of hydrogen-bond acceptors (Lipinski definition) is 5. The molecular weight excluding hydrogens is 330 g/mol. The topological polar surface area (TPSA) is 51.2 Å². The van der Waals surface area contributed by atoms with E-state index in [0.717, 1.165) is 12.1 Å². The van der Waals surface area contributed by atoms with Crippen molar-refractivity contribution in [3.8, 4) is 17.2 Å². The van der Waals surface area contributed by atoms with Crippen molar-refractivity contribution < 1.29 is 19.3 Å². The fraction of sp³-hybridized carbons (Fsp3) is 0.333. The van der Waals surface area contributed by atoms with E-state index in [0.29, 0.717) is 23.8 Å². The normalized spacial score (nSPS) is 12.3. The predicted molar refractivity (Wildman–Crippen MR) is 104 cm³/mol. The van der Waals surface area contributed by atoms with Crippen LogP contribution in [0.15, 0.2) is 54.6 Å². The first-order valence-electron chi connectivity index (χ1n) is 8.56. The number of methoxy groups -OCH3 is 2. The average molecular weight is 357 g/mol. The van der Waals surface area contributed by atoms with Crippen LogP contribution in [0.3, 0.4) is 0 Å². The van der Waals surface area contributed by atoms with E-state index < -0.39 is 6.10 Å². The number of rotatable bonds is 10. The van der Waals surface area contributed by atoms with Gasteiger partial charge >= 0.3 is 0 Å². The van der Waals surface area contributed by atoms with Gasteiger partial charge in [-0.15, -0.1) is 0 Å². The molecule has 140 valence electrons. The molecule has 0 fully saturated rings. The van der Waals surface area contributed by atoms with Crippen LogP contribution in [-0.4, -0.2) is 57.1 Å². The van der Waals surface area contributed by atoms with E-state index in [2.05, 4.69) is 24.3 Å². The first kappa shape index (κ1) is 19.8. The SMILES string of the molecule is COc1cccc(OCC(O)CN(C)C/C=C/c2ccccc2)c1OC. The minimum absolute atomic E-state index is 0.177. The van der Waals surface area contributed by atoms with Gasteiger partial charge < -0.3 is 24.2 Å². The summed E-state index contributed by atoms with van der Waals surface area (Å²) >= 11 is 0. The predicted octanol–water partition coefficient (Wildman–Crippen LogP) is 3.09. The molecule has 0 aliphatic rings. The highest BCUT2D eigenvalue weighted by atomic mass is 16.5. The third-order valence-electron chi connectivity index (χ3n) is 3.85. The zero-order valence-corrected chi connectivity index (χ0v) is 15.6. The summed E-state index contributed by atoms with van der Waals surface area (Å²) < 4.78 is 16.3. The third-order valence-corrected chi connectivity index (χ3v) is 3.85. The van der Waals surface area contributed by atoms with E-state index in [-0.39, 0.29) is 6.61 Å². The summed E-state index contributed by atoms with van der Waals surface area (Å²) in [5.41, 5.74) is 1.16. The first-order valence-corrected chi connectivity index (χ1v) is 8.56. The summed E-state index contributed by atoms with van der Waals surface area (Å²) in [6.45, 7) is 1.43. The lowest BCUT2D eigenvalue weighted by atomic mass is 10.2. The first-order chi connectivity index (χ1) is 12.6. The summed E-state index contributed by atoms with van der Waals surface area (Å²) in [6.07, 6.45) is 3.54. The van der Waals surface area contributed by atoms with Gasteiger partial charge in [0.25, 0.3) is 0 Å². The molecule has 0 radical (unpaired) electrons. The van der Waals surface area contributed by atoms with Crippen LogP contribution < -0.4 is 14.2 Å². The van der Waals surface area contributed by atoms with E-state index >= 15 is 0 Å². The van der Waals surface area contributed by atoms with Crippen molar-refractivity contribution in [2.24, 2.45) is 0 Å². The molecule has 26 heavy (non-hydrogen) atoms. The molecule has 1 unspecified atom stereocenters. The Morgan fingerprint density at radius 2 is 1.73 bits per heavy atom. The van der Waals surface area contributed by atoms with Crippen molar-refractivity contribution in [2.75, 3.05) is 41.0 Å². The summed E-state index contributed by atoms with van der Waals surface area (Å²) in [4.78, 5) is 2.04. The summed E-state index contributed by atoms with van der Waals surface area (Å²) in [5, 5.41) is 10.2. The Kier molecular flexibility index (Phi) is 7.99. The van der Waals surface area contributed by atoms with Gasteiger partial charge in [-0.3, -0.25) is 0 Å². The highest BCUT2D eigenvalue weighted by Gasteiger charge is 2.13. The molecule has 0 saturated heterocycles. The van der Waals surface area contributed by atoms with Gasteiger partial charge in [-0.25, -0.2) is 0 Å². The molecule has 0 aliphatic heterocycles. The molecule has 1 N–H and O–H groups in total. The minimum atomic E-state index is -0.610. The van der Waals surface area contributed by atoms with Gasteiger partial charge in [0.05, 0.1) is 14.2 Å². The second kappa shape index (κ2) is 10.5. The molecule has 0 aliphatic carbocycles. The maximum absolute atomic E-state index is 10.2. The largest absolute Gasteiger partial charge is 0.493 e. The van der Waals surface area contributed by atoms with Gasteiger partial charge in [-0.05, 0) is 24.7 Å². The summed E-state index contributed by atoms with van der Waals surface area (Å²) in [7, 11) is 5.10. The van der Waals surface area contributed by atoms with E-state index in [1.54, 1.807) is 26.4 Å².